The summed E-state index contributed by atoms with van der Waals surface area (Å²) in [6.45, 7) is 2.72. The molecular weight excluding hydrogens is 197 g/mol. The Labute approximate surface area is 88.9 Å². The van der Waals surface area contributed by atoms with E-state index in [1.807, 2.05) is 0 Å². The molecule has 0 spiro atoms. The summed E-state index contributed by atoms with van der Waals surface area (Å²) >= 11 is 0. The number of nitrogens with one attached hydrogen (secondary N) is 1. The molecule has 0 saturated carbocycles. The first-order valence-corrected chi connectivity index (χ1v) is 4.84. The van der Waals surface area contributed by atoms with Crippen molar-refractivity contribution in [3.63, 3.8) is 0 Å². The lowest BCUT2D eigenvalue weighted by molar-refractivity contribution is 0.191. The number of ether oxygens (including phenoxy) is 1. The molecule has 0 radical (unpaired) electrons. The van der Waals surface area contributed by atoms with Gasteiger partial charge in [0.1, 0.15) is 0 Å². The van der Waals surface area contributed by atoms with Crippen LogP contribution in [0.3, 0.4) is 0 Å². The molecule has 2 N–H and O–H groups in total. The Morgan fingerprint density at radius 3 is 2.80 bits per heavy atom. The van der Waals surface area contributed by atoms with Gasteiger partial charge in [0.2, 0.25) is 0 Å². The Hall–Kier alpha value is -1.13. The van der Waals surface area contributed by atoms with Crippen LogP contribution in [0.5, 0.6) is 5.75 Å². The van der Waals surface area contributed by atoms with Crippen molar-refractivity contribution in [3.8, 4) is 5.75 Å². The average Bonchev–Trinajstić information content (AvgIpc) is 2.17. The molecule has 1 aromatic rings. The largest absolute Gasteiger partial charge is 0.494 e. The molecule has 0 amide bonds. The van der Waals surface area contributed by atoms with E-state index in [2.05, 4.69) is 5.32 Å². The zero-order valence-corrected chi connectivity index (χ0v) is 8.96. The van der Waals surface area contributed by atoms with Crippen LogP contribution < -0.4 is 10.1 Å². The van der Waals surface area contributed by atoms with Crippen LogP contribution in [-0.2, 0) is 6.54 Å². The van der Waals surface area contributed by atoms with Gasteiger partial charge in [-0.3, -0.25) is 0 Å². The molecule has 15 heavy (non-hydrogen) atoms. The van der Waals surface area contributed by atoms with Gasteiger partial charge in [-0.15, -0.1) is 0 Å². The normalized spacial score (nSPS) is 12.5. The number of rotatable bonds is 5. The van der Waals surface area contributed by atoms with Crippen LogP contribution in [0.2, 0.25) is 0 Å². The Morgan fingerprint density at radius 2 is 2.27 bits per heavy atom. The van der Waals surface area contributed by atoms with Crippen LogP contribution in [0.15, 0.2) is 18.2 Å². The minimum absolute atomic E-state index is 0.245. The molecule has 84 valence electrons. The Morgan fingerprint density at radius 1 is 1.53 bits per heavy atom. The van der Waals surface area contributed by atoms with Crippen LogP contribution in [0.1, 0.15) is 12.5 Å². The predicted molar refractivity (Wildman–Crippen MR) is 56.3 cm³/mol. The molecule has 3 nitrogen and oxygen atoms in total. The van der Waals surface area contributed by atoms with Crippen LogP contribution in [0.25, 0.3) is 0 Å². The summed E-state index contributed by atoms with van der Waals surface area (Å²) in [7, 11) is 1.43. The lowest BCUT2D eigenvalue weighted by atomic mass is 10.2. The van der Waals surface area contributed by atoms with Gasteiger partial charge in [-0.1, -0.05) is 6.07 Å². The van der Waals surface area contributed by atoms with Crippen molar-refractivity contribution in [2.45, 2.75) is 19.6 Å². The molecule has 0 aliphatic heterocycles. The number of aliphatic hydroxyl groups excluding tert-OH is 1. The molecule has 0 saturated heterocycles. The van der Waals surface area contributed by atoms with Gasteiger partial charge in [0.25, 0.3) is 0 Å². The van der Waals surface area contributed by atoms with Crippen molar-refractivity contribution in [1.29, 1.82) is 0 Å². The summed E-state index contributed by atoms with van der Waals surface area (Å²) in [6, 6.07) is 4.81. The maximum Gasteiger partial charge on any atom is 0.165 e. The first-order chi connectivity index (χ1) is 7.13. The molecule has 0 fully saturated rings. The second kappa shape index (κ2) is 5.68. The fourth-order valence-electron chi connectivity index (χ4n) is 1.25. The van der Waals surface area contributed by atoms with Crippen LogP contribution in [-0.4, -0.2) is 24.9 Å². The summed E-state index contributed by atoms with van der Waals surface area (Å²) in [5.41, 5.74) is 0.828. The topological polar surface area (TPSA) is 41.5 Å². The van der Waals surface area contributed by atoms with Gasteiger partial charge in [-0.25, -0.2) is 4.39 Å². The van der Waals surface area contributed by atoms with E-state index in [1.54, 1.807) is 19.1 Å². The van der Waals surface area contributed by atoms with Gasteiger partial charge in [0.05, 0.1) is 13.2 Å². The summed E-state index contributed by atoms with van der Waals surface area (Å²) in [5.74, 6) is -0.122. The molecule has 0 bridgehead atoms. The number of aliphatic hydroxyl groups is 1. The fraction of sp³-hybridized carbons (Fsp3) is 0.455. The van der Waals surface area contributed by atoms with Gasteiger partial charge in [0.15, 0.2) is 11.6 Å². The molecule has 0 aliphatic rings. The third-order valence-corrected chi connectivity index (χ3v) is 1.99. The minimum Gasteiger partial charge on any atom is -0.494 e. The predicted octanol–water partition coefficient (Wildman–Crippen LogP) is 1.30. The zero-order chi connectivity index (χ0) is 11.3. The molecule has 1 rings (SSSR count). The van der Waals surface area contributed by atoms with Gasteiger partial charge in [-0.2, -0.15) is 0 Å². The molecule has 4 heteroatoms. The van der Waals surface area contributed by atoms with Gasteiger partial charge < -0.3 is 15.2 Å². The number of methoxy groups -OCH3 is 1. The third kappa shape index (κ3) is 3.85. The number of benzene rings is 1. The van der Waals surface area contributed by atoms with E-state index in [0.29, 0.717) is 13.1 Å². The van der Waals surface area contributed by atoms with E-state index >= 15 is 0 Å². The number of hydrogen-bond acceptors (Lipinski definition) is 3. The van der Waals surface area contributed by atoms with Crippen molar-refractivity contribution >= 4 is 0 Å². The van der Waals surface area contributed by atoms with E-state index in [9.17, 15) is 4.39 Å². The average molecular weight is 213 g/mol. The van der Waals surface area contributed by atoms with Gasteiger partial charge in [-0.05, 0) is 24.6 Å². The SMILES string of the molecule is COc1ccc(CNC[C@H](C)O)cc1F. The van der Waals surface area contributed by atoms with E-state index < -0.39 is 6.10 Å². The highest BCUT2D eigenvalue weighted by atomic mass is 19.1. The van der Waals surface area contributed by atoms with Crippen molar-refractivity contribution in [2.75, 3.05) is 13.7 Å². The molecule has 0 aromatic heterocycles. The minimum atomic E-state index is -0.395. The monoisotopic (exact) mass is 213 g/mol. The lowest BCUT2D eigenvalue weighted by Crippen LogP contribution is -2.23. The molecule has 0 aliphatic carbocycles. The van der Waals surface area contributed by atoms with Gasteiger partial charge >= 0.3 is 0 Å². The first kappa shape index (κ1) is 11.9. The Balaban J connectivity index is 2.52. The molecular formula is C11H16FNO2. The summed E-state index contributed by atoms with van der Waals surface area (Å²) in [6.07, 6.45) is -0.395. The van der Waals surface area contributed by atoms with Crippen LogP contribution in [0.4, 0.5) is 4.39 Å². The zero-order valence-electron chi connectivity index (χ0n) is 8.96. The summed E-state index contributed by atoms with van der Waals surface area (Å²) < 4.78 is 18.0. The second-order valence-corrected chi connectivity index (χ2v) is 3.45. The lowest BCUT2D eigenvalue weighted by Gasteiger charge is -2.08. The smallest absolute Gasteiger partial charge is 0.165 e. The first-order valence-electron chi connectivity index (χ1n) is 4.84. The van der Waals surface area contributed by atoms with E-state index in [-0.39, 0.29) is 11.6 Å². The number of halogens is 1. The van der Waals surface area contributed by atoms with Crippen molar-refractivity contribution in [1.82, 2.24) is 5.32 Å². The number of hydrogen-bond donors (Lipinski definition) is 2. The molecule has 0 heterocycles. The highest BCUT2D eigenvalue weighted by molar-refractivity contribution is 5.29. The van der Waals surface area contributed by atoms with Crippen molar-refractivity contribution < 1.29 is 14.2 Å². The Kier molecular flexibility index (Phi) is 4.52. The second-order valence-electron chi connectivity index (χ2n) is 3.45. The highest BCUT2D eigenvalue weighted by Gasteiger charge is 2.03. The van der Waals surface area contributed by atoms with Crippen LogP contribution >= 0.6 is 0 Å². The van der Waals surface area contributed by atoms with E-state index in [0.717, 1.165) is 5.56 Å². The summed E-state index contributed by atoms with van der Waals surface area (Å²) in [5, 5.41) is 12.0. The maximum absolute atomic E-state index is 13.2. The maximum atomic E-state index is 13.2. The molecule has 0 unspecified atom stereocenters. The van der Waals surface area contributed by atoms with Gasteiger partial charge in [0, 0.05) is 13.1 Å². The standard InChI is InChI=1S/C11H16FNO2/c1-8(14)6-13-7-9-3-4-11(15-2)10(12)5-9/h3-5,8,13-14H,6-7H2,1-2H3/t8-/m0/s1. The summed E-state index contributed by atoms with van der Waals surface area (Å²) in [4.78, 5) is 0. The van der Waals surface area contributed by atoms with Crippen molar-refractivity contribution in [3.05, 3.63) is 29.6 Å². The Bertz CT molecular complexity index is 315. The van der Waals surface area contributed by atoms with E-state index in [1.165, 1.54) is 13.2 Å². The molecule has 1 aromatic carbocycles. The van der Waals surface area contributed by atoms with Crippen molar-refractivity contribution in [2.24, 2.45) is 0 Å². The van der Waals surface area contributed by atoms with E-state index in [4.69, 9.17) is 9.84 Å². The quantitative estimate of drug-likeness (QED) is 0.774. The third-order valence-electron chi connectivity index (χ3n) is 1.99. The highest BCUT2D eigenvalue weighted by Crippen LogP contribution is 2.17. The molecule has 1 atom stereocenters. The van der Waals surface area contributed by atoms with Crippen LogP contribution in [0, 0.1) is 5.82 Å². The fourth-order valence-corrected chi connectivity index (χ4v) is 1.25.